The first kappa shape index (κ1) is 17.2. The lowest BCUT2D eigenvalue weighted by molar-refractivity contribution is -0.123. The first-order chi connectivity index (χ1) is 11.1. The Kier molecular flexibility index (Phi) is 6.33. The summed E-state index contributed by atoms with van der Waals surface area (Å²) in [6.07, 6.45) is 8.11. The first-order valence-corrected chi connectivity index (χ1v) is 8.29. The fourth-order valence-corrected chi connectivity index (χ4v) is 2.72. The summed E-state index contributed by atoms with van der Waals surface area (Å²) in [4.78, 5) is 20.0. The van der Waals surface area contributed by atoms with Gasteiger partial charge in [0.15, 0.2) is 0 Å². The molecule has 1 aliphatic carbocycles. The summed E-state index contributed by atoms with van der Waals surface area (Å²) < 4.78 is 5.80. The number of carbonyl (C=O) groups excluding carboxylic acids is 1. The van der Waals surface area contributed by atoms with E-state index < -0.39 is 0 Å². The minimum atomic E-state index is 0.0292. The number of nitrogens with one attached hydrogen (secondary N) is 1. The molecule has 1 aliphatic rings. The van der Waals surface area contributed by atoms with Gasteiger partial charge in [-0.25, -0.2) is 9.97 Å². The lowest BCUT2D eigenvalue weighted by atomic mass is 9.92. The van der Waals surface area contributed by atoms with E-state index in [2.05, 4.69) is 29.1 Å². The minimum Gasteiger partial charge on any atom is -0.472 e. The number of hydrogen-bond acceptors (Lipinski definition) is 5. The summed E-state index contributed by atoms with van der Waals surface area (Å²) in [5, 5.41) is 12.1. The van der Waals surface area contributed by atoms with Crippen molar-refractivity contribution < 1.29 is 9.53 Å². The Morgan fingerprint density at radius 2 is 2.09 bits per heavy atom. The largest absolute Gasteiger partial charge is 0.472 e. The Morgan fingerprint density at radius 3 is 2.74 bits per heavy atom. The molecule has 1 heterocycles. The predicted octanol–water partition coefficient (Wildman–Crippen LogP) is 2.59. The van der Waals surface area contributed by atoms with Crippen LogP contribution in [0, 0.1) is 17.2 Å². The molecular formula is C17H24N4O2. The number of hydrogen-bond donors (Lipinski definition) is 1. The smallest absolute Gasteiger partial charge is 0.251 e. The van der Waals surface area contributed by atoms with Crippen molar-refractivity contribution in [2.45, 2.75) is 64.5 Å². The van der Waals surface area contributed by atoms with Gasteiger partial charge in [0.2, 0.25) is 11.6 Å². The van der Waals surface area contributed by atoms with Crippen molar-refractivity contribution in [2.75, 3.05) is 0 Å². The third-order valence-corrected chi connectivity index (χ3v) is 4.32. The van der Waals surface area contributed by atoms with E-state index in [0.29, 0.717) is 18.2 Å². The molecule has 124 valence electrons. The number of nitriles is 1. The van der Waals surface area contributed by atoms with Crippen molar-refractivity contribution in [1.82, 2.24) is 15.3 Å². The van der Waals surface area contributed by atoms with Crippen LogP contribution in [0.15, 0.2) is 12.4 Å². The van der Waals surface area contributed by atoms with E-state index in [1.54, 1.807) is 0 Å². The molecule has 1 saturated carbocycles. The standard InChI is InChI=1S/C17H24N4O2/c1-3-12(2)10-16(22)21-13-4-6-14(7-5-13)23-17-15(11-18)19-8-9-20-17/h8-9,12-14H,3-7,10H2,1-2H3,(H,21,22). The minimum absolute atomic E-state index is 0.0292. The molecule has 1 atom stereocenters. The Labute approximate surface area is 137 Å². The normalized spacial score (nSPS) is 22.0. The second-order valence-electron chi connectivity index (χ2n) is 6.20. The molecule has 2 rings (SSSR count). The molecule has 1 aromatic heterocycles. The number of amides is 1. The van der Waals surface area contributed by atoms with Crippen LogP contribution in [0.5, 0.6) is 5.88 Å². The summed E-state index contributed by atoms with van der Waals surface area (Å²) in [6.45, 7) is 4.19. The van der Waals surface area contributed by atoms with Crippen molar-refractivity contribution in [3.05, 3.63) is 18.1 Å². The lowest BCUT2D eigenvalue weighted by Crippen LogP contribution is -2.40. The van der Waals surface area contributed by atoms with E-state index in [1.807, 2.05) is 6.07 Å². The average Bonchev–Trinajstić information content (AvgIpc) is 2.57. The van der Waals surface area contributed by atoms with Crippen LogP contribution in [0.2, 0.25) is 0 Å². The fourth-order valence-electron chi connectivity index (χ4n) is 2.72. The zero-order valence-electron chi connectivity index (χ0n) is 13.8. The van der Waals surface area contributed by atoms with Gasteiger partial charge >= 0.3 is 0 Å². The van der Waals surface area contributed by atoms with Crippen LogP contribution in [0.4, 0.5) is 0 Å². The van der Waals surface area contributed by atoms with E-state index in [9.17, 15) is 4.79 Å². The molecule has 0 radical (unpaired) electrons. The molecule has 0 aliphatic heterocycles. The van der Waals surface area contributed by atoms with E-state index >= 15 is 0 Å². The van der Waals surface area contributed by atoms with E-state index in [4.69, 9.17) is 10.00 Å². The van der Waals surface area contributed by atoms with Gasteiger partial charge in [-0.2, -0.15) is 5.26 Å². The molecule has 1 aromatic rings. The lowest BCUT2D eigenvalue weighted by Gasteiger charge is -2.29. The van der Waals surface area contributed by atoms with Crippen LogP contribution in [-0.2, 0) is 4.79 Å². The summed E-state index contributed by atoms with van der Waals surface area (Å²) in [5.41, 5.74) is 0.219. The molecule has 1 unspecified atom stereocenters. The van der Waals surface area contributed by atoms with Gasteiger partial charge < -0.3 is 10.1 Å². The fraction of sp³-hybridized carbons (Fsp3) is 0.647. The second-order valence-corrected chi connectivity index (χ2v) is 6.20. The van der Waals surface area contributed by atoms with Crippen LogP contribution in [0.3, 0.4) is 0 Å². The molecule has 0 spiro atoms. The van der Waals surface area contributed by atoms with Gasteiger partial charge in [0.1, 0.15) is 12.2 Å². The predicted molar refractivity (Wildman–Crippen MR) is 85.6 cm³/mol. The quantitative estimate of drug-likeness (QED) is 0.871. The third-order valence-electron chi connectivity index (χ3n) is 4.32. The number of nitrogens with zero attached hydrogens (tertiary/aromatic N) is 3. The number of rotatable bonds is 6. The number of aromatic nitrogens is 2. The van der Waals surface area contributed by atoms with Crippen LogP contribution in [0.1, 0.15) is 58.1 Å². The molecule has 0 aromatic carbocycles. The first-order valence-electron chi connectivity index (χ1n) is 8.29. The van der Waals surface area contributed by atoms with Gasteiger partial charge in [0, 0.05) is 24.9 Å². The maximum atomic E-state index is 11.9. The molecule has 1 N–H and O–H groups in total. The molecule has 0 saturated heterocycles. The maximum Gasteiger partial charge on any atom is 0.251 e. The summed E-state index contributed by atoms with van der Waals surface area (Å²) >= 11 is 0. The van der Waals surface area contributed by atoms with Gasteiger partial charge in [-0.1, -0.05) is 20.3 Å². The van der Waals surface area contributed by atoms with Gasteiger partial charge in [-0.15, -0.1) is 0 Å². The van der Waals surface area contributed by atoms with Crippen LogP contribution < -0.4 is 10.1 Å². The Balaban J connectivity index is 1.78. The monoisotopic (exact) mass is 316 g/mol. The molecule has 6 nitrogen and oxygen atoms in total. The van der Waals surface area contributed by atoms with Crippen molar-refractivity contribution >= 4 is 5.91 Å². The highest BCUT2D eigenvalue weighted by Crippen LogP contribution is 2.24. The molecular weight excluding hydrogens is 292 g/mol. The van der Waals surface area contributed by atoms with Gasteiger partial charge in [0.05, 0.1) is 0 Å². The zero-order valence-corrected chi connectivity index (χ0v) is 13.8. The second kappa shape index (κ2) is 8.47. The van der Waals surface area contributed by atoms with Crippen molar-refractivity contribution in [3.63, 3.8) is 0 Å². The highest BCUT2D eigenvalue weighted by molar-refractivity contribution is 5.76. The third kappa shape index (κ3) is 5.20. The number of carbonyl (C=O) groups is 1. The SMILES string of the molecule is CCC(C)CC(=O)NC1CCC(Oc2nccnc2C#N)CC1. The average molecular weight is 316 g/mol. The van der Waals surface area contributed by atoms with E-state index in [-0.39, 0.29) is 23.7 Å². The summed E-state index contributed by atoms with van der Waals surface area (Å²) in [6, 6.07) is 2.21. The van der Waals surface area contributed by atoms with Crippen LogP contribution >= 0.6 is 0 Å². The number of ether oxygens (including phenoxy) is 1. The molecule has 23 heavy (non-hydrogen) atoms. The highest BCUT2D eigenvalue weighted by atomic mass is 16.5. The van der Waals surface area contributed by atoms with Crippen molar-refractivity contribution in [2.24, 2.45) is 5.92 Å². The Morgan fingerprint density at radius 1 is 1.39 bits per heavy atom. The zero-order chi connectivity index (χ0) is 16.7. The molecule has 1 fully saturated rings. The van der Waals surface area contributed by atoms with Crippen LogP contribution in [-0.4, -0.2) is 28.0 Å². The topological polar surface area (TPSA) is 87.9 Å². The van der Waals surface area contributed by atoms with Crippen molar-refractivity contribution in [3.8, 4) is 11.9 Å². The molecule has 0 bridgehead atoms. The van der Waals surface area contributed by atoms with Crippen LogP contribution in [0.25, 0.3) is 0 Å². The van der Waals surface area contributed by atoms with E-state index in [1.165, 1.54) is 12.4 Å². The van der Waals surface area contributed by atoms with Gasteiger partial charge in [-0.05, 0) is 31.6 Å². The highest BCUT2D eigenvalue weighted by Gasteiger charge is 2.25. The van der Waals surface area contributed by atoms with E-state index in [0.717, 1.165) is 32.1 Å². The van der Waals surface area contributed by atoms with Gasteiger partial charge in [0.25, 0.3) is 5.88 Å². The van der Waals surface area contributed by atoms with Gasteiger partial charge in [-0.3, -0.25) is 4.79 Å². The maximum absolute atomic E-state index is 11.9. The molecule has 6 heteroatoms. The molecule has 1 amide bonds. The summed E-state index contributed by atoms with van der Waals surface area (Å²) in [7, 11) is 0. The summed E-state index contributed by atoms with van der Waals surface area (Å²) in [5.74, 6) is 0.874. The Bertz CT molecular complexity index is 562. The van der Waals surface area contributed by atoms with Crippen molar-refractivity contribution in [1.29, 1.82) is 5.26 Å². The Hall–Kier alpha value is -2.16.